The van der Waals surface area contributed by atoms with E-state index in [9.17, 15) is 10.1 Å². The molecule has 0 saturated heterocycles. The SMILES string of the molecule is Cc1ccc(N2C(S)=C(C#N)C(=O)NC2c2cn(-c3ccccc3)nc2-c2ccc(Cl)cc2)cc1. The first kappa shape index (κ1) is 22.8. The van der Waals surface area contributed by atoms with E-state index < -0.39 is 12.1 Å². The second-order valence-corrected chi connectivity index (χ2v) is 8.97. The number of carbonyl (C=O) groups is 1. The Bertz CT molecular complexity index is 1470. The summed E-state index contributed by atoms with van der Waals surface area (Å²) in [6, 6.07) is 26.9. The Morgan fingerprint density at radius 2 is 1.69 bits per heavy atom. The first-order valence-electron chi connectivity index (χ1n) is 10.9. The number of nitrogens with one attached hydrogen (secondary N) is 1. The minimum absolute atomic E-state index is 0.0475. The third kappa shape index (κ3) is 4.30. The van der Waals surface area contributed by atoms with Crippen LogP contribution in [0.3, 0.4) is 0 Å². The number of nitrogens with zero attached hydrogens (tertiary/aromatic N) is 4. The number of thiol groups is 1. The molecule has 5 rings (SSSR count). The van der Waals surface area contributed by atoms with Crippen molar-refractivity contribution in [3.63, 3.8) is 0 Å². The van der Waals surface area contributed by atoms with Crippen LogP contribution in [0.1, 0.15) is 17.3 Å². The van der Waals surface area contributed by atoms with Crippen LogP contribution in [-0.4, -0.2) is 15.7 Å². The molecule has 0 radical (unpaired) electrons. The van der Waals surface area contributed by atoms with Crippen LogP contribution >= 0.6 is 24.2 Å². The lowest BCUT2D eigenvalue weighted by molar-refractivity contribution is -0.118. The number of hydrogen-bond acceptors (Lipinski definition) is 5. The Morgan fingerprint density at radius 3 is 2.34 bits per heavy atom. The molecule has 1 aliphatic rings. The summed E-state index contributed by atoms with van der Waals surface area (Å²) in [4.78, 5) is 14.7. The molecule has 1 aliphatic heterocycles. The van der Waals surface area contributed by atoms with Gasteiger partial charge in [0.05, 0.1) is 16.4 Å². The van der Waals surface area contributed by atoms with Crippen LogP contribution in [0.5, 0.6) is 0 Å². The van der Waals surface area contributed by atoms with Crippen LogP contribution in [0.2, 0.25) is 5.02 Å². The van der Waals surface area contributed by atoms with E-state index in [1.807, 2.05) is 90.8 Å². The highest BCUT2D eigenvalue weighted by Gasteiger charge is 2.36. The van der Waals surface area contributed by atoms with E-state index in [0.29, 0.717) is 10.7 Å². The van der Waals surface area contributed by atoms with Crippen LogP contribution < -0.4 is 10.2 Å². The molecule has 172 valence electrons. The van der Waals surface area contributed by atoms with Gasteiger partial charge in [0.15, 0.2) is 0 Å². The summed E-state index contributed by atoms with van der Waals surface area (Å²) in [6.07, 6.45) is 1.24. The van der Waals surface area contributed by atoms with E-state index >= 15 is 0 Å². The van der Waals surface area contributed by atoms with Gasteiger partial charge in [0.25, 0.3) is 5.91 Å². The highest BCUT2D eigenvalue weighted by Crippen LogP contribution is 2.39. The molecule has 0 spiro atoms. The van der Waals surface area contributed by atoms with Crippen molar-refractivity contribution >= 4 is 35.8 Å². The molecule has 1 atom stereocenters. The molecule has 0 saturated carbocycles. The van der Waals surface area contributed by atoms with Gasteiger partial charge in [-0.25, -0.2) is 4.68 Å². The zero-order valence-electron chi connectivity index (χ0n) is 18.7. The topological polar surface area (TPSA) is 74.0 Å². The molecule has 1 amide bonds. The third-order valence-electron chi connectivity index (χ3n) is 5.80. The summed E-state index contributed by atoms with van der Waals surface area (Å²) >= 11 is 10.8. The minimum atomic E-state index is -0.655. The molecule has 3 aromatic carbocycles. The fourth-order valence-corrected chi connectivity index (χ4v) is 4.54. The Morgan fingerprint density at radius 1 is 1.00 bits per heavy atom. The number of halogens is 1. The van der Waals surface area contributed by atoms with Crippen molar-refractivity contribution in [1.29, 1.82) is 5.26 Å². The number of nitriles is 1. The predicted molar refractivity (Wildman–Crippen MR) is 140 cm³/mol. The lowest BCUT2D eigenvalue weighted by Gasteiger charge is -2.37. The van der Waals surface area contributed by atoms with Gasteiger partial charge in [-0.3, -0.25) is 4.79 Å². The smallest absolute Gasteiger partial charge is 0.266 e. The van der Waals surface area contributed by atoms with Gasteiger partial charge in [-0.2, -0.15) is 10.4 Å². The number of amides is 1. The molecular formula is C27H20ClN5OS. The number of rotatable bonds is 4. The van der Waals surface area contributed by atoms with Gasteiger partial charge in [-0.1, -0.05) is 59.6 Å². The van der Waals surface area contributed by atoms with Crippen molar-refractivity contribution < 1.29 is 4.79 Å². The van der Waals surface area contributed by atoms with E-state index in [0.717, 1.165) is 28.1 Å². The molecule has 1 N–H and O–H groups in total. The number of benzene rings is 3. The van der Waals surface area contributed by atoms with E-state index in [4.69, 9.17) is 16.7 Å². The number of hydrogen-bond donors (Lipinski definition) is 2. The summed E-state index contributed by atoms with van der Waals surface area (Å²) in [5.74, 6) is -0.486. The number of para-hydroxylation sites is 1. The van der Waals surface area contributed by atoms with E-state index in [-0.39, 0.29) is 10.6 Å². The fraction of sp³-hybridized carbons (Fsp3) is 0.0741. The van der Waals surface area contributed by atoms with Crippen LogP contribution in [0.4, 0.5) is 5.69 Å². The van der Waals surface area contributed by atoms with Gasteiger partial charge in [0, 0.05) is 28.0 Å². The second-order valence-electron chi connectivity index (χ2n) is 8.11. The molecule has 0 bridgehead atoms. The van der Waals surface area contributed by atoms with Crippen molar-refractivity contribution in [3.8, 4) is 23.0 Å². The average molecular weight is 498 g/mol. The third-order valence-corrected chi connectivity index (χ3v) is 6.50. The Hall–Kier alpha value is -3.99. The summed E-state index contributed by atoms with van der Waals surface area (Å²) in [5.41, 5.74) is 4.96. The molecule has 1 aromatic heterocycles. The second kappa shape index (κ2) is 9.34. The fourth-order valence-electron chi connectivity index (χ4n) is 4.03. The maximum absolute atomic E-state index is 12.9. The number of anilines is 1. The molecular weight excluding hydrogens is 478 g/mol. The van der Waals surface area contributed by atoms with Gasteiger partial charge in [0.2, 0.25) is 0 Å². The Balaban J connectivity index is 1.73. The van der Waals surface area contributed by atoms with Gasteiger partial charge < -0.3 is 10.2 Å². The molecule has 6 nitrogen and oxygen atoms in total. The first-order valence-corrected chi connectivity index (χ1v) is 11.7. The standard InChI is InChI=1S/C27H20ClN5OS/c1-17-7-13-21(14-8-17)33-25(30-26(34)22(15-29)27(33)35)23-16-32(20-5-3-2-4-6-20)31-24(23)18-9-11-19(28)12-10-18/h2-14,16,25,35H,1H3,(H,30,34). The monoisotopic (exact) mass is 497 g/mol. The number of carbonyl (C=O) groups excluding carboxylic acids is 1. The normalized spacial score (nSPS) is 15.7. The summed E-state index contributed by atoms with van der Waals surface area (Å²) in [6.45, 7) is 2.00. The van der Waals surface area contributed by atoms with Crippen LogP contribution in [-0.2, 0) is 4.79 Å². The highest BCUT2D eigenvalue weighted by molar-refractivity contribution is 7.84. The molecule has 8 heteroatoms. The summed E-state index contributed by atoms with van der Waals surface area (Å²) in [7, 11) is 0. The molecule has 1 unspecified atom stereocenters. The predicted octanol–water partition coefficient (Wildman–Crippen LogP) is 5.80. The summed E-state index contributed by atoms with van der Waals surface area (Å²) < 4.78 is 1.78. The quantitative estimate of drug-likeness (QED) is 0.349. The van der Waals surface area contributed by atoms with Crippen molar-refractivity contribution in [3.05, 3.63) is 112 Å². The van der Waals surface area contributed by atoms with Gasteiger partial charge in [-0.15, -0.1) is 12.6 Å². The maximum Gasteiger partial charge on any atom is 0.266 e. The van der Waals surface area contributed by atoms with Crippen LogP contribution in [0.25, 0.3) is 16.9 Å². The van der Waals surface area contributed by atoms with Crippen molar-refractivity contribution in [2.24, 2.45) is 0 Å². The molecule has 0 fully saturated rings. The molecule has 35 heavy (non-hydrogen) atoms. The largest absolute Gasteiger partial charge is 0.327 e. The van der Waals surface area contributed by atoms with Crippen molar-refractivity contribution in [2.45, 2.75) is 13.1 Å². The first-order chi connectivity index (χ1) is 17.0. The van der Waals surface area contributed by atoms with E-state index in [2.05, 4.69) is 17.9 Å². The molecule has 2 heterocycles. The zero-order valence-corrected chi connectivity index (χ0v) is 20.3. The van der Waals surface area contributed by atoms with Gasteiger partial charge in [-0.05, 0) is 43.3 Å². The van der Waals surface area contributed by atoms with E-state index in [1.165, 1.54) is 0 Å². The minimum Gasteiger partial charge on any atom is -0.327 e. The average Bonchev–Trinajstić information content (AvgIpc) is 3.31. The van der Waals surface area contributed by atoms with Crippen molar-refractivity contribution in [1.82, 2.24) is 15.1 Å². The van der Waals surface area contributed by atoms with E-state index in [1.54, 1.807) is 16.8 Å². The highest BCUT2D eigenvalue weighted by atomic mass is 35.5. The lowest BCUT2D eigenvalue weighted by Crippen LogP contribution is -2.46. The van der Waals surface area contributed by atoms with Gasteiger partial charge in [0.1, 0.15) is 17.8 Å². The molecule has 4 aromatic rings. The van der Waals surface area contributed by atoms with Crippen LogP contribution in [0.15, 0.2) is 95.7 Å². The van der Waals surface area contributed by atoms with Crippen LogP contribution in [0, 0.1) is 18.3 Å². The van der Waals surface area contributed by atoms with Gasteiger partial charge >= 0.3 is 0 Å². The molecule has 0 aliphatic carbocycles. The van der Waals surface area contributed by atoms with Crippen molar-refractivity contribution in [2.75, 3.05) is 4.90 Å². The lowest BCUT2D eigenvalue weighted by atomic mass is 10.0. The summed E-state index contributed by atoms with van der Waals surface area (Å²) in [5, 5.41) is 18.4. The maximum atomic E-state index is 12.9. The number of aryl methyl sites for hydroxylation is 1. The number of aromatic nitrogens is 2. The Labute approximate surface area is 213 Å². The Kier molecular flexibility index (Phi) is 6.08. The zero-order chi connectivity index (χ0) is 24.5.